The summed E-state index contributed by atoms with van der Waals surface area (Å²) in [5.41, 5.74) is 0. The normalized spacial score (nSPS) is 8.67. The smallest absolute Gasteiger partial charge is 0.242 e. The van der Waals surface area contributed by atoms with Gasteiger partial charge in [-0.1, -0.05) is 0 Å². The molecule has 0 unspecified atom stereocenters. The number of carbonyl (C=O) groups is 2. The summed E-state index contributed by atoms with van der Waals surface area (Å²) < 4.78 is 0. The number of halogens is 1. The molecular weight excluding hydrogens is 146 g/mol. The maximum Gasteiger partial charge on any atom is 0.242 e. The standard InChI is InChI=1S/C4H6ClNO3/c1-6(4(8)9)3(7)2-5/h2H2,1H3,(H,8,9)/p-1. The van der Waals surface area contributed by atoms with Crippen LogP contribution in [0.5, 0.6) is 0 Å². The number of amides is 2. The van der Waals surface area contributed by atoms with Crippen LogP contribution in [-0.4, -0.2) is 29.8 Å². The molecule has 0 heterocycles. The molecule has 2 amide bonds. The van der Waals surface area contributed by atoms with Gasteiger partial charge in [0.05, 0.1) is 0 Å². The number of rotatable bonds is 1. The molecule has 0 spiro atoms. The van der Waals surface area contributed by atoms with Gasteiger partial charge in [-0.15, -0.1) is 11.6 Å². The first-order chi connectivity index (χ1) is 4.09. The Morgan fingerprint density at radius 2 is 2.11 bits per heavy atom. The molecule has 0 aromatic rings. The van der Waals surface area contributed by atoms with E-state index in [1.165, 1.54) is 0 Å². The third-order valence-corrected chi connectivity index (χ3v) is 0.991. The van der Waals surface area contributed by atoms with Crippen LogP contribution < -0.4 is 5.11 Å². The molecule has 5 heteroatoms. The Labute approximate surface area is 57.0 Å². The molecule has 0 aliphatic carbocycles. The van der Waals surface area contributed by atoms with E-state index in [2.05, 4.69) is 0 Å². The van der Waals surface area contributed by atoms with Gasteiger partial charge in [-0.3, -0.25) is 4.79 Å². The van der Waals surface area contributed by atoms with Gasteiger partial charge in [-0.05, 0) is 0 Å². The van der Waals surface area contributed by atoms with E-state index in [1.807, 2.05) is 0 Å². The van der Waals surface area contributed by atoms with Crippen molar-refractivity contribution in [3.8, 4) is 0 Å². The van der Waals surface area contributed by atoms with Gasteiger partial charge in [-0.25, -0.2) is 0 Å². The Morgan fingerprint density at radius 3 is 2.22 bits per heavy atom. The first-order valence-corrected chi connectivity index (χ1v) is 2.66. The third kappa shape index (κ3) is 2.32. The van der Waals surface area contributed by atoms with Crippen molar-refractivity contribution in [2.24, 2.45) is 0 Å². The second-order valence-electron chi connectivity index (χ2n) is 1.35. The molecule has 0 aliphatic rings. The average molecular weight is 151 g/mol. The minimum absolute atomic E-state index is 0.343. The van der Waals surface area contributed by atoms with Crippen molar-refractivity contribution in [3.63, 3.8) is 0 Å². The van der Waals surface area contributed by atoms with Gasteiger partial charge in [0.25, 0.3) is 0 Å². The number of imide groups is 1. The molecule has 0 aromatic carbocycles. The molecule has 0 fully saturated rings. The van der Waals surface area contributed by atoms with Crippen LogP contribution in [0.2, 0.25) is 0 Å². The lowest BCUT2D eigenvalue weighted by Gasteiger charge is -2.14. The number of alkyl halides is 1. The maximum atomic E-state index is 10.3. The highest BCUT2D eigenvalue weighted by atomic mass is 35.5. The Balaban J connectivity index is 3.88. The van der Waals surface area contributed by atoms with Crippen molar-refractivity contribution in [1.82, 2.24) is 4.90 Å². The zero-order valence-electron chi connectivity index (χ0n) is 4.76. The quantitative estimate of drug-likeness (QED) is 0.452. The van der Waals surface area contributed by atoms with Crippen molar-refractivity contribution in [2.75, 3.05) is 12.9 Å². The molecule has 0 radical (unpaired) electrons. The molecule has 52 valence electrons. The lowest BCUT2D eigenvalue weighted by atomic mass is 10.6. The zero-order chi connectivity index (χ0) is 7.44. The summed E-state index contributed by atoms with van der Waals surface area (Å²) >= 11 is 5.01. The van der Waals surface area contributed by atoms with E-state index in [-0.39, 0.29) is 5.88 Å². The summed E-state index contributed by atoms with van der Waals surface area (Å²) in [5.74, 6) is -1.03. The minimum Gasteiger partial charge on any atom is -0.530 e. The summed E-state index contributed by atoms with van der Waals surface area (Å²) in [5, 5.41) is 9.83. The first kappa shape index (κ1) is 8.23. The zero-order valence-corrected chi connectivity index (χ0v) is 5.51. The van der Waals surface area contributed by atoms with Crippen molar-refractivity contribution in [3.05, 3.63) is 0 Å². The number of nitrogens with zero attached hydrogens (tertiary/aromatic N) is 1. The van der Waals surface area contributed by atoms with Crippen LogP contribution in [0.15, 0.2) is 0 Å². The lowest BCUT2D eigenvalue weighted by Crippen LogP contribution is -2.42. The molecule has 0 rings (SSSR count). The number of carbonyl (C=O) groups excluding carboxylic acids is 2. The molecule has 4 nitrogen and oxygen atoms in total. The largest absolute Gasteiger partial charge is 0.530 e. The molecule has 0 N–H and O–H groups in total. The van der Waals surface area contributed by atoms with E-state index in [1.54, 1.807) is 0 Å². The monoisotopic (exact) mass is 150 g/mol. The summed E-state index contributed by atoms with van der Waals surface area (Å²) in [7, 11) is 1.08. The Morgan fingerprint density at radius 1 is 1.67 bits per heavy atom. The highest BCUT2D eigenvalue weighted by molar-refractivity contribution is 6.28. The fraction of sp³-hybridized carbons (Fsp3) is 0.500. The van der Waals surface area contributed by atoms with Crippen LogP contribution in [-0.2, 0) is 4.79 Å². The van der Waals surface area contributed by atoms with Gasteiger partial charge in [0.15, 0.2) is 0 Å². The van der Waals surface area contributed by atoms with Crippen LogP contribution in [0.25, 0.3) is 0 Å². The highest BCUT2D eigenvalue weighted by Gasteiger charge is 2.05. The minimum atomic E-state index is -1.54. The first-order valence-electron chi connectivity index (χ1n) is 2.13. The molecule has 0 bridgehead atoms. The van der Waals surface area contributed by atoms with Crippen LogP contribution in [0.3, 0.4) is 0 Å². The average Bonchev–Trinajstić information content (AvgIpc) is 1.84. The summed E-state index contributed by atoms with van der Waals surface area (Å²) in [6.07, 6.45) is -1.54. The molecular formula is C4H5ClNO3-. The highest BCUT2D eigenvalue weighted by Crippen LogP contribution is 1.85. The van der Waals surface area contributed by atoms with E-state index in [4.69, 9.17) is 11.6 Å². The second-order valence-corrected chi connectivity index (χ2v) is 1.62. The maximum absolute atomic E-state index is 10.3. The van der Waals surface area contributed by atoms with Gasteiger partial charge in [0, 0.05) is 7.05 Å². The van der Waals surface area contributed by atoms with Crippen molar-refractivity contribution >= 4 is 23.6 Å². The number of hydrogen-bond acceptors (Lipinski definition) is 3. The fourth-order valence-electron chi connectivity index (χ4n) is 0.191. The molecule has 0 aliphatic heterocycles. The molecule has 0 aromatic heterocycles. The van der Waals surface area contributed by atoms with Gasteiger partial charge in [-0.2, -0.15) is 0 Å². The lowest BCUT2D eigenvalue weighted by molar-refractivity contribution is -0.262. The van der Waals surface area contributed by atoms with Crippen molar-refractivity contribution in [1.29, 1.82) is 0 Å². The van der Waals surface area contributed by atoms with Crippen LogP contribution in [0.4, 0.5) is 4.79 Å². The topological polar surface area (TPSA) is 60.4 Å². The van der Waals surface area contributed by atoms with Gasteiger partial charge in [0.1, 0.15) is 12.0 Å². The Kier molecular flexibility index (Phi) is 3.01. The SMILES string of the molecule is CN(C(=O)[O-])C(=O)CCl. The van der Waals surface area contributed by atoms with E-state index >= 15 is 0 Å². The molecule has 9 heavy (non-hydrogen) atoms. The van der Waals surface area contributed by atoms with E-state index in [0.29, 0.717) is 4.90 Å². The molecule has 0 saturated heterocycles. The summed E-state index contributed by atoms with van der Waals surface area (Å²) in [6, 6.07) is 0. The molecule has 0 atom stereocenters. The van der Waals surface area contributed by atoms with Crippen molar-refractivity contribution < 1.29 is 14.7 Å². The summed E-state index contributed by atoms with van der Waals surface area (Å²) in [6.45, 7) is 0. The molecule has 0 saturated carbocycles. The predicted molar refractivity (Wildman–Crippen MR) is 28.9 cm³/mol. The van der Waals surface area contributed by atoms with E-state index in [9.17, 15) is 14.7 Å². The predicted octanol–water partition coefficient (Wildman–Crippen LogP) is -0.973. The van der Waals surface area contributed by atoms with Gasteiger partial charge >= 0.3 is 0 Å². The summed E-state index contributed by atoms with van der Waals surface area (Å²) in [4.78, 5) is 20.6. The number of carboxylic acid groups (broad SMARTS) is 1. The van der Waals surface area contributed by atoms with E-state index < -0.39 is 12.0 Å². The third-order valence-electron chi connectivity index (χ3n) is 0.762. The fourth-order valence-corrected chi connectivity index (χ4v) is 0.371. The van der Waals surface area contributed by atoms with Crippen LogP contribution >= 0.6 is 11.6 Å². The second kappa shape index (κ2) is 3.29. The van der Waals surface area contributed by atoms with E-state index in [0.717, 1.165) is 7.05 Å². The Hall–Kier alpha value is -0.770. The van der Waals surface area contributed by atoms with Crippen molar-refractivity contribution in [2.45, 2.75) is 0 Å². The number of hydrogen-bond donors (Lipinski definition) is 0. The van der Waals surface area contributed by atoms with Gasteiger partial charge < -0.3 is 14.8 Å². The van der Waals surface area contributed by atoms with Gasteiger partial charge in [0.2, 0.25) is 5.91 Å². The van der Waals surface area contributed by atoms with Crippen LogP contribution in [0.1, 0.15) is 0 Å². The van der Waals surface area contributed by atoms with Crippen LogP contribution in [0, 0.1) is 0 Å². The Bertz CT molecular complexity index is 136.